The molecule has 0 spiro atoms. The highest BCUT2D eigenvalue weighted by Crippen LogP contribution is 2.31. The standard InChI is InChI=1S/C23H15F3N8O2/c24-23(25,26)15-5-7-29-16(32-15)11-31-21(35)19-20(27)34-18(22-30-8-9-36-22)17(33-19)13-3-4-14-12(10-13)2-1-6-28-14/h1-10H,11H2,(H2,27,34)(H,31,35). The summed E-state index contributed by atoms with van der Waals surface area (Å²) in [7, 11) is 0. The minimum absolute atomic E-state index is 0.139. The van der Waals surface area contributed by atoms with Gasteiger partial charge in [0, 0.05) is 23.3 Å². The van der Waals surface area contributed by atoms with Gasteiger partial charge in [-0.05, 0) is 24.3 Å². The lowest BCUT2D eigenvalue weighted by Crippen LogP contribution is -2.27. The zero-order valence-corrected chi connectivity index (χ0v) is 18.2. The third-order valence-corrected chi connectivity index (χ3v) is 5.05. The summed E-state index contributed by atoms with van der Waals surface area (Å²) in [6, 6.07) is 9.73. The van der Waals surface area contributed by atoms with Gasteiger partial charge < -0.3 is 15.5 Å². The summed E-state index contributed by atoms with van der Waals surface area (Å²) in [6.45, 7) is -0.387. The number of benzene rings is 1. The maximum Gasteiger partial charge on any atom is 0.433 e. The van der Waals surface area contributed by atoms with Gasteiger partial charge >= 0.3 is 6.18 Å². The number of fused-ring (bicyclic) bond motifs is 1. The van der Waals surface area contributed by atoms with Crippen LogP contribution in [0.1, 0.15) is 22.0 Å². The van der Waals surface area contributed by atoms with Crippen molar-refractivity contribution >= 4 is 22.6 Å². The molecule has 0 bridgehead atoms. The Labute approximate surface area is 200 Å². The van der Waals surface area contributed by atoms with Crippen LogP contribution in [0.4, 0.5) is 19.0 Å². The predicted octanol–water partition coefficient (Wildman–Crippen LogP) is 3.67. The van der Waals surface area contributed by atoms with Crippen molar-refractivity contribution in [2.45, 2.75) is 12.7 Å². The fourth-order valence-corrected chi connectivity index (χ4v) is 3.41. The van der Waals surface area contributed by atoms with Crippen LogP contribution in [0.2, 0.25) is 0 Å². The van der Waals surface area contributed by atoms with Crippen LogP contribution in [-0.2, 0) is 12.7 Å². The van der Waals surface area contributed by atoms with Gasteiger partial charge in [-0.25, -0.2) is 24.9 Å². The highest BCUT2D eigenvalue weighted by Gasteiger charge is 2.32. The van der Waals surface area contributed by atoms with Crippen LogP contribution < -0.4 is 11.1 Å². The van der Waals surface area contributed by atoms with Crippen LogP contribution in [-0.4, -0.2) is 35.8 Å². The summed E-state index contributed by atoms with van der Waals surface area (Å²) in [6.07, 6.45) is 0.772. The third kappa shape index (κ3) is 4.53. The normalized spacial score (nSPS) is 11.5. The summed E-state index contributed by atoms with van der Waals surface area (Å²) in [4.78, 5) is 37.2. The van der Waals surface area contributed by atoms with E-state index in [1.54, 1.807) is 24.4 Å². The van der Waals surface area contributed by atoms with Gasteiger partial charge in [-0.1, -0.05) is 12.1 Å². The molecule has 0 fully saturated rings. The summed E-state index contributed by atoms with van der Waals surface area (Å²) in [5.41, 5.74) is 6.47. The second-order valence-electron chi connectivity index (χ2n) is 7.44. The predicted molar refractivity (Wildman–Crippen MR) is 121 cm³/mol. The zero-order valence-electron chi connectivity index (χ0n) is 18.2. The number of alkyl halides is 3. The molecule has 1 amide bonds. The van der Waals surface area contributed by atoms with E-state index >= 15 is 0 Å². The number of carbonyl (C=O) groups excluding carboxylic acids is 1. The molecule has 5 rings (SSSR count). The quantitative estimate of drug-likeness (QED) is 0.375. The molecule has 0 atom stereocenters. The number of oxazole rings is 1. The Morgan fingerprint density at radius 3 is 2.61 bits per heavy atom. The lowest BCUT2D eigenvalue weighted by molar-refractivity contribution is -0.141. The molecule has 0 saturated carbocycles. The van der Waals surface area contributed by atoms with Gasteiger partial charge in [0.15, 0.2) is 17.2 Å². The number of nitrogens with two attached hydrogens (primary N) is 1. The molecule has 0 aliphatic carbocycles. The molecule has 13 heteroatoms. The average Bonchev–Trinajstić information content (AvgIpc) is 3.41. The minimum atomic E-state index is -4.64. The minimum Gasteiger partial charge on any atom is -0.443 e. The highest BCUT2D eigenvalue weighted by atomic mass is 19.4. The Balaban J connectivity index is 1.51. The molecule has 180 valence electrons. The number of carbonyl (C=O) groups is 1. The number of rotatable bonds is 5. The summed E-state index contributed by atoms with van der Waals surface area (Å²) in [5.74, 6) is -1.09. The van der Waals surface area contributed by atoms with Crippen LogP contribution >= 0.6 is 0 Å². The Morgan fingerprint density at radius 1 is 0.972 bits per heavy atom. The molecule has 4 heterocycles. The topological polar surface area (TPSA) is 146 Å². The maximum absolute atomic E-state index is 12.9. The van der Waals surface area contributed by atoms with Gasteiger partial charge in [0.05, 0.1) is 18.3 Å². The van der Waals surface area contributed by atoms with Gasteiger partial charge in [0.1, 0.15) is 23.5 Å². The van der Waals surface area contributed by atoms with Gasteiger partial charge in [-0.3, -0.25) is 9.78 Å². The Morgan fingerprint density at radius 2 is 1.83 bits per heavy atom. The van der Waals surface area contributed by atoms with Crippen molar-refractivity contribution in [3.05, 3.63) is 78.5 Å². The van der Waals surface area contributed by atoms with E-state index in [0.29, 0.717) is 5.56 Å². The summed E-state index contributed by atoms with van der Waals surface area (Å²) >= 11 is 0. The first-order valence-electron chi connectivity index (χ1n) is 10.4. The molecule has 36 heavy (non-hydrogen) atoms. The summed E-state index contributed by atoms with van der Waals surface area (Å²) < 4.78 is 44.1. The first kappa shape index (κ1) is 22.8. The van der Waals surface area contributed by atoms with Crippen molar-refractivity contribution in [1.82, 2.24) is 35.2 Å². The molecule has 0 aliphatic rings. The van der Waals surface area contributed by atoms with Gasteiger partial charge in [-0.15, -0.1) is 0 Å². The fraction of sp³-hybridized carbons (Fsp3) is 0.0870. The van der Waals surface area contributed by atoms with Crippen molar-refractivity contribution in [2.75, 3.05) is 5.73 Å². The number of pyridine rings is 1. The van der Waals surface area contributed by atoms with E-state index in [4.69, 9.17) is 10.2 Å². The number of nitrogen functional groups attached to an aromatic ring is 1. The van der Waals surface area contributed by atoms with Crippen molar-refractivity contribution < 1.29 is 22.4 Å². The molecule has 0 radical (unpaired) electrons. The lowest BCUT2D eigenvalue weighted by Gasteiger charge is -2.12. The van der Waals surface area contributed by atoms with Crippen LogP contribution in [0.15, 0.2) is 65.7 Å². The number of hydrogen-bond acceptors (Lipinski definition) is 9. The molecule has 5 aromatic rings. The number of halogens is 3. The lowest BCUT2D eigenvalue weighted by atomic mass is 10.1. The van der Waals surface area contributed by atoms with E-state index in [-0.39, 0.29) is 41.2 Å². The second-order valence-corrected chi connectivity index (χ2v) is 7.44. The molecular weight excluding hydrogens is 477 g/mol. The number of aromatic nitrogens is 6. The van der Waals surface area contributed by atoms with Crippen LogP contribution in [0.5, 0.6) is 0 Å². The van der Waals surface area contributed by atoms with Crippen molar-refractivity contribution in [2.24, 2.45) is 0 Å². The molecule has 10 nitrogen and oxygen atoms in total. The van der Waals surface area contributed by atoms with Crippen LogP contribution in [0, 0.1) is 0 Å². The molecule has 0 unspecified atom stereocenters. The smallest absolute Gasteiger partial charge is 0.433 e. The molecular formula is C23H15F3N8O2. The van der Waals surface area contributed by atoms with Crippen molar-refractivity contribution in [3.8, 4) is 22.8 Å². The number of anilines is 1. The number of nitrogens with one attached hydrogen (secondary N) is 1. The van der Waals surface area contributed by atoms with Crippen molar-refractivity contribution in [1.29, 1.82) is 0 Å². The first-order valence-corrected chi connectivity index (χ1v) is 10.4. The van der Waals surface area contributed by atoms with Crippen LogP contribution in [0.3, 0.4) is 0 Å². The van der Waals surface area contributed by atoms with E-state index in [1.807, 2.05) is 12.1 Å². The number of nitrogens with zero attached hydrogens (tertiary/aromatic N) is 6. The van der Waals surface area contributed by atoms with Crippen LogP contribution in [0.25, 0.3) is 33.7 Å². The largest absolute Gasteiger partial charge is 0.443 e. The zero-order chi connectivity index (χ0) is 25.3. The molecule has 4 aromatic heterocycles. The third-order valence-electron chi connectivity index (χ3n) is 5.05. The molecule has 3 N–H and O–H groups in total. The fourth-order valence-electron chi connectivity index (χ4n) is 3.41. The molecule has 1 aromatic carbocycles. The Bertz CT molecular complexity index is 1570. The second kappa shape index (κ2) is 9.02. The first-order chi connectivity index (χ1) is 17.3. The molecule has 0 saturated heterocycles. The van der Waals surface area contributed by atoms with E-state index in [9.17, 15) is 18.0 Å². The van der Waals surface area contributed by atoms with Crippen molar-refractivity contribution in [3.63, 3.8) is 0 Å². The Kier molecular flexibility index (Phi) is 5.72. The van der Waals surface area contributed by atoms with E-state index in [2.05, 4.69) is 35.2 Å². The monoisotopic (exact) mass is 492 g/mol. The SMILES string of the molecule is Nc1nc(-c2ncco2)c(-c2ccc3ncccc3c2)nc1C(=O)NCc1nccc(C(F)(F)F)n1. The van der Waals surface area contributed by atoms with E-state index in [0.717, 1.165) is 23.2 Å². The van der Waals surface area contributed by atoms with E-state index < -0.39 is 17.8 Å². The number of amides is 1. The maximum atomic E-state index is 12.9. The van der Waals surface area contributed by atoms with Gasteiger partial charge in [0.25, 0.3) is 5.91 Å². The summed E-state index contributed by atoms with van der Waals surface area (Å²) in [5, 5.41) is 3.25. The Hall–Kier alpha value is -4.94. The van der Waals surface area contributed by atoms with E-state index in [1.165, 1.54) is 12.5 Å². The average molecular weight is 492 g/mol. The van der Waals surface area contributed by atoms with Gasteiger partial charge in [-0.2, -0.15) is 13.2 Å². The highest BCUT2D eigenvalue weighted by molar-refractivity contribution is 5.98. The van der Waals surface area contributed by atoms with Gasteiger partial charge in [0.2, 0.25) is 5.89 Å². The number of hydrogen-bond donors (Lipinski definition) is 2. The molecule has 0 aliphatic heterocycles.